The van der Waals surface area contributed by atoms with E-state index in [0.717, 1.165) is 25.2 Å². The van der Waals surface area contributed by atoms with Crippen LogP contribution in [0.3, 0.4) is 0 Å². The molecule has 1 aliphatic heterocycles. The summed E-state index contributed by atoms with van der Waals surface area (Å²) in [5.41, 5.74) is 2.23. The second-order valence-corrected chi connectivity index (χ2v) is 5.97. The Kier molecular flexibility index (Phi) is 5.25. The molecule has 1 aliphatic rings. The van der Waals surface area contributed by atoms with Gasteiger partial charge in [-0.2, -0.15) is 0 Å². The van der Waals surface area contributed by atoms with Crippen molar-refractivity contribution in [3.63, 3.8) is 0 Å². The van der Waals surface area contributed by atoms with Crippen LogP contribution >= 0.6 is 0 Å². The number of hydrogen-bond donors (Lipinski definition) is 2. The Labute approximate surface area is 142 Å². The molecule has 1 aromatic heterocycles. The van der Waals surface area contributed by atoms with E-state index in [9.17, 15) is 4.79 Å². The molecular formula is C18H23N5O. The molecule has 0 bridgehead atoms. The van der Waals surface area contributed by atoms with Gasteiger partial charge in [-0.3, -0.25) is 4.79 Å². The van der Waals surface area contributed by atoms with Crippen molar-refractivity contribution >= 4 is 28.9 Å². The number of nitrogens with one attached hydrogen (secondary N) is 2. The van der Waals surface area contributed by atoms with E-state index < -0.39 is 0 Å². The number of rotatable bonds is 6. The second-order valence-electron chi connectivity index (χ2n) is 5.97. The van der Waals surface area contributed by atoms with Gasteiger partial charge in [0.2, 0.25) is 5.91 Å². The molecule has 2 N–H and O–H groups in total. The van der Waals surface area contributed by atoms with Crippen molar-refractivity contribution in [2.75, 3.05) is 28.6 Å². The largest absolute Gasteiger partial charge is 0.372 e. The lowest BCUT2D eigenvalue weighted by Gasteiger charge is -2.17. The molecule has 0 radical (unpaired) electrons. The molecule has 0 saturated carbocycles. The van der Waals surface area contributed by atoms with Crippen LogP contribution < -0.4 is 15.5 Å². The maximum absolute atomic E-state index is 11.5. The monoisotopic (exact) mass is 325 g/mol. The number of aromatic nitrogens is 2. The summed E-state index contributed by atoms with van der Waals surface area (Å²) in [6, 6.07) is 11.9. The van der Waals surface area contributed by atoms with E-state index in [2.05, 4.69) is 37.9 Å². The molecule has 2 heterocycles. The molecule has 24 heavy (non-hydrogen) atoms. The first-order chi connectivity index (χ1) is 11.7. The van der Waals surface area contributed by atoms with Crippen LogP contribution in [0.15, 0.2) is 36.4 Å². The minimum atomic E-state index is -0.0370. The van der Waals surface area contributed by atoms with Gasteiger partial charge in [0.05, 0.1) is 0 Å². The maximum Gasteiger partial charge on any atom is 0.225 e. The molecule has 3 rings (SSSR count). The zero-order chi connectivity index (χ0) is 16.8. The second kappa shape index (κ2) is 7.77. The summed E-state index contributed by atoms with van der Waals surface area (Å²) in [6.45, 7) is 4.25. The van der Waals surface area contributed by atoms with Gasteiger partial charge in [0.1, 0.15) is 0 Å². The van der Waals surface area contributed by atoms with Gasteiger partial charge >= 0.3 is 0 Å². The van der Waals surface area contributed by atoms with Gasteiger partial charge in [-0.25, -0.2) is 0 Å². The highest BCUT2D eigenvalue weighted by Crippen LogP contribution is 2.23. The van der Waals surface area contributed by atoms with Crippen LogP contribution in [0.1, 0.15) is 32.6 Å². The lowest BCUT2D eigenvalue weighted by Crippen LogP contribution is -2.17. The van der Waals surface area contributed by atoms with Crippen molar-refractivity contribution in [1.29, 1.82) is 0 Å². The first kappa shape index (κ1) is 16.2. The smallest absolute Gasteiger partial charge is 0.225 e. The molecule has 0 unspecified atom stereocenters. The number of carbonyl (C=O) groups excluding carboxylic acids is 1. The lowest BCUT2D eigenvalue weighted by molar-refractivity contribution is -0.116. The van der Waals surface area contributed by atoms with Crippen LogP contribution in [0.5, 0.6) is 0 Å². The third-order valence-electron chi connectivity index (χ3n) is 4.02. The zero-order valence-electron chi connectivity index (χ0n) is 14.0. The molecule has 6 nitrogen and oxygen atoms in total. The number of hydrogen-bond acceptors (Lipinski definition) is 5. The number of benzene rings is 1. The molecule has 126 valence electrons. The van der Waals surface area contributed by atoms with Crippen LogP contribution in [-0.4, -0.2) is 29.2 Å². The molecule has 1 aromatic carbocycles. The third kappa shape index (κ3) is 4.22. The van der Waals surface area contributed by atoms with Gasteiger partial charge in [-0.1, -0.05) is 6.92 Å². The first-order valence-electron chi connectivity index (χ1n) is 8.50. The normalized spacial score (nSPS) is 13.8. The average Bonchev–Trinajstić information content (AvgIpc) is 3.12. The van der Waals surface area contributed by atoms with Crippen molar-refractivity contribution in [1.82, 2.24) is 10.2 Å². The zero-order valence-corrected chi connectivity index (χ0v) is 14.0. The Hall–Kier alpha value is -2.63. The Morgan fingerprint density at radius 2 is 1.71 bits per heavy atom. The number of carbonyl (C=O) groups is 1. The number of anilines is 4. The molecule has 1 fully saturated rings. The summed E-state index contributed by atoms with van der Waals surface area (Å²) in [4.78, 5) is 13.9. The van der Waals surface area contributed by atoms with E-state index in [0.29, 0.717) is 18.1 Å². The summed E-state index contributed by atoms with van der Waals surface area (Å²) in [5.74, 6) is 1.09. The van der Waals surface area contributed by atoms with E-state index in [1.807, 2.05) is 25.1 Å². The van der Waals surface area contributed by atoms with Crippen molar-refractivity contribution in [2.45, 2.75) is 32.6 Å². The lowest BCUT2D eigenvalue weighted by atomic mass is 10.2. The highest BCUT2D eigenvalue weighted by atomic mass is 16.1. The molecule has 0 spiro atoms. The van der Waals surface area contributed by atoms with E-state index in [1.54, 1.807) is 6.07 Å². The molecule has 0 aliphatic carbocycles. The Morgan fingerprint density at radius 1 is 1.04 bits per heavy atom. The highest BCUT2D eigenvalue weighted by molar-refractivity contribution is 5.89. The highest BCUT2D eigenvalue weighted by Gasteiger charge is 2.11. The average molecular weight is 325 g/mol. The summed E-state index contributed by atoms with van der Waals surface area (Å²) >= 11 is 0. The fourth-order valence-electron chi connectivity index (χ4n) is 2.78. The SMILES string of the molecule is CCCC(=O)Nc1ccc(Nc2ccc(N3CCCC3)cc2)nn1. The fourth-order valence-corrected chi connectivity index (χ4v) is 2.78. The summed E-state index contributed by atoms with van der Waals surface area (Å²) < 4.78 is 0. The topological polar surface area (TPSA) is 70.2 Å². The van der Waals surface area contributed by atoms with E-state index in [4.69, 9.17) is 0 Å². The van der Waals surface area contributed by atoms with E-state index in [-0.39, 0.29) is 5.91 Å². The van der Waals surface area contributed by atoms with E-state index >= 15 is 0 Å². The van der Waals surface area contributed by atoms with Gasteiger partial charge in [0.15, 0.2) is 11.6 Å². The molecular weight excluding hydrogens is 302 g/mol. The third-order valence-corrected chi connectivity index (χ3v) is 4.02. The summed E-state index contributed by atoms with van der Waals surface area (Å²) in [7, 11) is 0. The van der Waals surface area contributed by atoms with Gasteiger partial charge < -0.3 is 15.5 Å². The quantitative estimate of drug-likeness (QED) is 0.850. The van der Waals surface area contributed by atoms with Gasteiger partial charge in [0.25, 0.3) is 0 Å². The standard InChI is InChI=1S/C18H23N5O/c1-2-5-18(24)20-17-11-10-16(21-22-17)19-14-6-8-15(9-7-14)23-12-3-4-13-23/h6-11H,2-5,12-13H2,1H3,(H,19,21)(H,20,22,24). The first-order valence-corrected chi connectivity index (χ1v) is 8.50. The maximum atomic E-state index is 11.5. The Morgan fingerprint density at radius 3 is 2.33 bits per heavy atom. The minimum Gasteiger partial charge on any atom is -0.372 e. The molecule has 2 aromatic rings. The van der Waals surface area contributed by atoms with E-state index in [1.165, 1.54) is 18.5 Å². The van der Waals surface area contributed by atoms with Crippen molar-refractivity contribution in [3.8, 4) is 0 Å². The Balaban J connectivity index is 1.58. The van der Waals surface area contributed by atoms with Crippen LogP contribution in [-0.2, 0) is 4.79 Å². The fraction of sp³-hybridized carbons (Fsp3) is 0.389. The van der Waals surface area contributed by atoms with Crippen molar-refractivity contribution < 1.29 is 4.79 Å². The summed E-state index contributed by atoms with van der Waals surface area (Å²) in [5, 5.41) is 14.1. The van der Waals surface area contributed by atoms with Crippen molar-refractivity contribution in [3.05, 3.63) is 36.4 Å². The number of nitrogens with zero attached hydrogens (tertiary/aromatic N) is 3. The van der Waals surface area contributed by atoms with Gasteiger partial charge in [0, 0.05) is 30.9 Å². The predicted molar refractivity (Wildman–Crippen MR) is 96.7 cm³/mol. The molecule has 1 saturated heterocycles. The van der Waals surface area contributed by atoms with Crippen LogP contribution in [0.4, 0.5) is 23.0 Å². The Bertz CT molecular complexity index is 663. The van der Waals surface area contributed by atoms with Gasteiger partial charge in [-0.05, 0) is 55.7 Å². The van der Waals surface area contributed by atoms with Gasteiger partial charge in [-0.15, -0.1) is 10.2 Å². The van der Waals surface area contributed by atoms with Crippen LogP contribution in [0, 0.1) is 0 Å². The molecule has 0 atom stereocenters. The minimum absolute atomic E-state index is 0.0370. The van der Waals surface area contributed by atoms with Crippen molar-refractivity contribution in [2.24, 2.45) is 0 Å². The van der Waals surface area contributed by atoms with Crippen LogP contribution in [0.25, 0.3) is 0 Å². The predicted octanol–water partition coefficient (Wildman–Crippen LogP) is 3.56. The number of amides is 1. The van der Waals surface area contributed by atoms with Crippen LogP contribution in [0.2, 0.25) is 0 Å². The molecule has 1 amide bonds. The molecule has 6 heteroatoms. The summed E-state index contributed by atoms with van der Waals surface area (Å²) in [6.07, 6.45) is 3.85.